The van der Waals surface area contributed by atoms with Gasteiger partial charge in [-0.15, -0.1) is 0 Å². The lowest BCUT2D eigenvalue weighted by molar-refractivity contribution is 0.154. The van der Waals surface area contributed by atoms with Gasteiger partial charge in [0.05, 0.1) is 11.2 Å². The van der Waals surface area contributed by atoms with Gasteiger partial charge in [-0.2, -0.15) is 0 Å². The van der Waals surface area contributed by atoms with E-state index < -0.39 is 16.1 Å². The third-order valence-corrected chi connectivity index (χ3v) is 4.58. The Morgan fingerprint density at radius 3 is 2.80 bits per heavy atom. The van der Waals surface area contributed by atoms with Crippen LogP contribution < -0.4 is 4.72 Å². The van der Waals surface area contributed by atoms with Gasteiger partial charge in [0, 0.05) is 11.6 Å². The van der Waals surface area contributed by atoms with Crippen LogP contribution in [0.15, 0.2) is 45.9 Å². The molecule has 2 rings (SSSR count). The molecule has 5 nitrogen and oxygen atoms in total. The quantitative estimate of drug-likeness (QED) is 0.887. The Hall–Kier alpha value is -1.34. The summed E-state index contributed by atoms with van der Waals surface area (Å²) in [4.78, 5) is 0.0941. The zero-order valence-electron chi connectivity index (χ0n) is 10.7. The van der Waals surface area contributed by atoms with Crippen LogP contribution in [0.4, 0.5) is 0 Å². The van der Waals surface area contributed by atoms with Gasteiger partial charge in [0.1, 0.15) is 11.9 Å². The molecule has 0 aliphatic rings. The molecule has 0 aliphatic heterocycles. The van der Waals surface area contributed by atoms with Crippen molar-refractivity contribution >= 4 is 21.6 Å². The molecular formula is C13H14ClNO4S. The fourth-order valence-electron chi connectivity index (χ4n) is 1.71. The van der Waals surface area contributed by atoms with Crippen molar-refractivity contribution in [2.75, 3.05) is 6.54 Å². The van der Waals surface area contributed by atoms with Crippen LogP contribution in [0.5, 0.6) is 0 Å². The number of aryl methyl sites for hydroxylation is 1. The molecule has 0 radical (unpaired) electrons. The molecule has 108 valence electrons. The Morgan fingerprint density at radius 2 is 2.15 bits per heavy atom. The van der Waals surface area contributed by atoms with Gasteiger partial charge in [0.15, 0.2) is 0 Å². The summed E-state index contributed by atoms with van der Waals surface area (Å²) in [5, 5.41) is 10.1. The molecule has 7 heteroatoms. The van der Waals surface area contributed by atoms with Crippen LogP contribution in [-0.4, -0.2) is 20.1 Å². The Morgan fingerprint density at radius 1 is 1.40 bits per heavy atom. The van der Waals surface area contributed by atoms with Gasteiger partial charge in [0.25, 0.3) is 0 Å². The predicted octanol–water partition coefficient (Wildman–Crippen LogP) is 2.25. The van der Waals surface area contributed by atoms with Gasteiger partial charge < -0.3 is 9.52 Å². The van der Waals surface area contributed by atoms with Crippen LogP contribution in [0, 0.1) is 6.92 Å². The molecule has 0 spiro atoms. The summed E-state index contributed by atoms with van der Waals surface area (Å²) >= 11 is 5.81. The van der Waals surface area contributed by atoms with E-state index in [4.69, 9.17) is 16.0 Å². The maximum Gasteiger partial charge on any atom is 0.240 e. The number of rotatable bonds is 5. The molecular weight excluding hydrogens is 302 g/mol. The Labute approximate surface area is 122 Å². The van der Waals surface area contributed by atoms with Gasteiger partial charge in [-0.25, -0.2) is 13.1 Å². The number of sulfonamides is 1. The van der Waals surface area contributed by atoms with Gasteiger partial charge in [-0.3, -0.25) is 0 Å². The molecule has 20 heavy (non-hydrogen) atoms. The number of hydrogen-bond acceptors (Lipinski definition) is 4. The lowest BCUT2D eigenvalue weighted by Gasteiger charge is -2.12. The lowest BCUT2D eigenvalue weighted by atomic mass is 10.2. The van der Waals surface area contributed by atoms with Crippen LogP contribution in [-0.2, 0) is 10.0 Å². The van der Waals surface area contributed by atoms with E-state index in [9.17, 15) is 13.5 Å². The molecule has 0 amide bonds. The Kier molecular flexibility index (Phi) is 4.49. The third-order valence-electron chi connectivity index (χ3n) is 2.78. The van der Waals surface area contributed by atoms with Crippen molar-refractivity contribution < 1.29 is 17.9 Å². The van der Waals surface area contributed by atoms with Gasteiger partial charge >= 0.3 is 0 Å². The number of aliphatic hydroxyl groups is 1. The molecule has 0 saturated carbocycles. The van der Waals surface area contributed by atoms with Gasteiger partial charge in [-0.05, 0) is 36.8 Å². The first-order valence-corrected chi connectivity index (χ1v) is 7.73. The van der Waals surface area contributed by atoms with Crippen molar-refractivity contribution in [3.8, 4) is 0 Å². The summed E-state index contributed by atoms with van der Waals surface area (Å²) in [6, 6.07) is 7.81. The van der Waals surface area contributed by atoms with E-state index >= 15 is 0 Å². The highest BCUT2D eigenvalue weighted by atomic mass is 35.5. The smallest absolute Gasteiger partial charge is 0.240 e. The molecule has 0 saturated heterocycles. The minimum Gasteiger partial charge on any atom is -0.467 e. The summed E-state index contributed by atoms with van der Waals surface area (Å²) in [6.07, 6.45) is 0.369. The van der Waals surface area contributed by atoms with Crippen molar-refractivity contribution in [3.05, 3.63) is 52.9 Å². The van der Waals surface area contributed by atoms with Crippen LogP contribution in [0.25, 0.3) is 0 Å². The van der Waals surface area contributed by atoms with Gasteiger partial charge in [0.2, 0.25) is 10.0 Å². The highest BCUT2D eigenvalue weighted by Crippen LogP contribution is 2.20. The van der Waals surface area contributed by atoms with Crippen molar-refractivity contribution in [1.82, 2.24) is 4.72 Å². The van der Waals surface area contributed by atoms with Crippen LogP contribution >= 0.6 is 11.6 Å². The number of hydrogen-bond donors (Lipinski definition) is 2. The predicted molar refractivity (Wildman–Crippen MR) is 75.0 cm³/mol. The second-order valence-corrected chi connectivity index (χ2v) is 6.46. The highest BCUT2D eigenvalue weighted by molar-refractivity contribution is 7.89. The minimum atomic E-state index is -3.74. The second kappa shape index (κ2) is 5.97. The molecule has 1 atom stereocenters. The minimum absolute atomic E-state index is 0.0941. The fraction of sp³-hybridized carbons (Fsp3) is 0.231. The Bertz CT molecular complexity index is 682. The van der Waals surface area contributed by atoms with E-state index in [2.05, 4.69) is 4.72 Å². The molecule has 1 aromatic heterocycles. The average Bonchev–Trinajstić information content (AvgIpc) is 2.93. The molecule has 2 aromatic rings. The normalized spacial score (nSPS) is 13.3. The van der Waals surface area contributed by atoms with E-state index in [0.29, 0.717) is 16.3 Å². The molecule has 1 heterocycles. The summed E-state index contributed by atoms with van der Waals surface area (Å²) in [5.41, 5.74) is 0.578. The second-order valence-electron chi connectivity index (χ2n) is 4.29. The van der Waals surface area contributed by atoms with Crippen LogP contribution in [0.2, 0.25) is 5.02 Å². The number of nitrogens with one attached hydrogen (secondary N) is 1. The molecule has 2 N–H and O–H groups in total. The summed E-state index contributed by atoms with van der Waals surface area (Å²) < 4.78 is 31.7. The number of benzene rings is 1. The van der Waals surface area contributed by atoms with Crippen LogP contribution in [0.3, 0.4) is 0 Å². The zero-order valence-corrected chi connectivity index (χ0v) is 12.3. The van der Waals surface area contributed by atoms with E-state index in [-0.39, 0.29) is 11.4 Å². The molecule has 0 aliphatic carbocycles. The van der Waals surface area contributed by atoms with Crippen molar-refractivity contribution in [3.63, 3.8) is 0 Å². The zero-order chi connectivity index (χ0) is 14.8. The average molecular weight is 316 g/mol. The van der Waals surface area contributed by atoms with E-state index in [0.717, 1.165) is 0 Å². The van der Waals surface area contributed by atoms with Crippen molar-refractivity contribution in [2.24, 2.45) is 0 Å². The molecule has 0 bridgehead atoms. The number of aliphatic hydroxyl groups excluding tert-OH is 1. The summed E-state index contributed by atoms with van der Waals surface area (Å²) in [6.45, 7) is 1.50. The van der Waals surface area contributed by atoms with E-state index in [1.54, 1.807) is 31.2 Å². The molecule has 1 aromatic carbocycles. The monoisotopic (exact) mass is 315 g/mol. The van der Waals surface area contributed by atoms with Crippen molar-refractivity contribution in [1.29, 1.82) is 0 Å². The number of halogens is 1. The first-order valence-electron chi connectivity index (χ1n) is 5.87. The van der Waals surface area contributed by atoms with Crippen molar-refractivity contribution in [2.45, 2.75) is 17.9 Å². The molecule has 0 fully saturated rings. The topological polar surface area (TPSA) is 79.5 Å². The molecule has 1 unspecified atom stereocenters. The Balaban J connectivity index is 2.13. The van der Waals surface area contributed by atoms with E-state index in [1.807, 2.05) is 0 Å². The summed E-state index contributed by atoms with van der Waals surface area (Å²) in [7, 11) is -3.74. The first kappa shape index (κ1) is 15.1. The maximum atomic E-state index is 12.2. The number of furan rings is 1. The standard InChI is InChI=1S/C13H14ClNO4S/c1-9-4-5-10(14)7-13(9)20(17,18)15-8-11(16)12-3-2-6-19-12/h2-7,11,15-16H,8H2,1H3. The largest absolute Gasteiger partial charge is 0.467 e. The lowest BCUT2D eigenvalue weighted by Crippen LogP contribution is -2.29. The SMILES string of the molecule is Cc1ccc(Cl)cc1S(=O)(=O)NCC(O)c1ccco1. The van der Waals surface area contributed by atoms with E-state index in [1.165, 1.54) is 12.3 Å². The fourth-order valence-corrected chi connectivity index (χ4v) is 3.25. The first-order chi connectivity index (χ1) is 9.40. The third kappa shape index (κ3) is 3.40. The summed E-state index contributed by atoms with van der Waals surface area (Å²) in [5.74, 6) is 0.301. The maximum absolute atomic E-state index is 12.2. The highest BCUT2D eigenvalue weighted by Gasteiger charge is 2.20. The van der Waals surface area contributed by atoms with Crippen LogP contribution in [0.1, 0.15) is 17.4 Å². The van der Waals surface area contributed by atoms with Gasteiger partial charge in [-0.1, -0.05) is 17.7 Å².